The summed E-state index contributed by atoms with van der Waals surface area (Å²) in [7, 11) is 0. The van der Waals surface area contributed by atoms with Gasteiger partial charge in [0.25, 0.3) is 0 Å². The van der Waals surface area contributed by atoms with Crippen LogP contribution in [0, 0.1) is 0 Å². The number of nitrogens with zero attached hydrogens (tertiary/aromatic N) is 3. The highest BCUT2D eigenvalue weighted by Crippen LogP contribution is 2.41. The first kappa shape index (κ1) is 18.5. The van der Waals surface area contributed by atoms with Crippen molar-refractivity contribution >= 4 is 10.9 Å². The van der Waals surface area contributed by atoms with Crippen molar-refractivity contribution in [3.8, 4) is 40.3 Å². The first-order valence-corrected chi connectivity index (χ1v) is 10.3. The fourth-order valence-electron chi connectivity index (χ4n) is 3.92. The summed E-state index contributed by atoms with van der Waals surface area (Å²) in [5.41, 5.74) is 2.35. The molecule has 1 fully saturated rings. The van der Waals surface area contributed by atoms with Crippen LogP contribution in [0.4, 0.5) is 0 Å². The molecule has 0 saturated carbocycles. The zero-order valence-electron chi connectivity index (χ0n) is 16.8. The van der Waals surface area contributed by atoms with Gasteiger partial charge in [-0.25, -0.2) is 0 Å². The van der Waals surface area contributed by atoms with Crippen molar-refractivity contribution in [1.82, 2.24) is 14.9 Å². The zero-order valence-corrected chi connectivity index (χ0v) is 16.8. The molecule has 1 aromatic heterocycles. The predicted octanol–water partition coefficient (Wildman–Crippen LogP) is 2.47. The smallest absolute Gasteiger partial charge is 0.317 e. The number of ether oxygens (including phenoxy) is 6. The fourth-order valence-corrected chi connectivity index (χ4v) is 3.92. The largest absolute Gasteiger partial charge is 0.462 e. The van der Waals surface area contributed by atoms with E-state index >= 15 is 0 Å². The second kappa shape index (κ2) is 7.75. The molecule has 0 spiro atoms. The van der Waals surface area contributed by atoms with E-state index in [1.807, 2.05) is 30.3 Å². The standard InChI is InChI=1S/C22H21N3O6/c1-2-17-18(29-12-28-17)9-14(1)21-15-10-19-20(31-13-30-19)11-16(15)23-22(24-21)27-8-5-25-3-6-26-7-4-25/h1-2,9-11H,3-8,12-13H2. The Hall–Kier alpha value is -3.30. The van der Waals surface area contributed by atoms with Crippen molar-refractivity contribution in [3.05, 3.63) is 30.3 Å². The van der Waals surface area contributed by atoms with Crippen LogP contribution in [0.1, 0.15) is 0 Å². The highest BCUT2D eigenvalue weighted by molar-refractivity contribution is 5.95. The molecule has 0 N–H and O–H groups in total. The van der Waals surface area contributed by atoms with Gasteiger partial charge in [0, 0.05) is 36.7 Å². The molecule has 0 unspecified atom stereocenters. The Morgan fingerprint density at radius 3 is 2.42 bits per heavy atom. The van der Waals surface area contributed by atoms with Gasteiger partial charge in [-0.05, 0) is 24.3 Å². The van der Waals surface area contributed by atoms with Crippen LogP contribution >= 0.6 is 0 Å². The average molecular weight is 423 g/mol. The molecule has 31 heavy (non-hydrogen) atoms. The molecular formula is C22H21N3O6. The highest BCUT2D eigenvalue weighted by atomic mass is 16.7. The third-order valence-electron chi connectivity index (χ3n) is 5.56. The number of fused-ring (bicyclic) bond motifs is 3. The van der Waals surface area contributed by atoms with Gasteiger partial charge < -0.3 is 28.4 Å². The molecule has 0 radical (unpaired) electrons. The van der Waals surface area contributed by atoms with E-state index in [4.69, 9.17) is 33.4 Å². The van der Waals surface area contributed by atoms with E-state index in [9.17, 15) is 0 Å². The molecule has 9 nitrogen and oxygen atoms in total. The second-order valence-electron chi connectivity index (χ2n) is 7.45. The van der Waals surface area contributed by atoms with Crippen molar-refractivity contribution in [1.29, 1.82) is 0 Å². The number of hydrogen-bond donors (Lipinski definition) is 0. The number of rotatable bonds is 5. The van der Waals surface area contributed by atoms with Crippen LogP contribution < -0.4 is 23.7 Å². The average Bonchev–Trinajstić information content (AvgIpc) is 3.46. The van der Waals surface area contributed by atoms with E-state index in [0.717, 1.165) is 60.8 Å². The second-order valence-corrected chi connectivity index (χ2v) is 7.45. The lowest BCUT2D eigenvalue weighted by molar-refractivity contribution is 0.0317. The number of aromatic nitrogens is 2. The van der Waals surface area contributed by atoms with Crippen LogP contribution in [0.15, 0.2) is 30.3 Å². The van der Waals surface area contributed by atoms with Gasteiger partial charge in [0.15, 0.2) is 23.0 Å². The minimum absolute atomic E-state index is 0.196. The van der Waals surface area contributed by atoms with Crippen LogP contribution in [-0.4, -0.2) is 67.9 Å². The molecule has 2 aromatic carbocycles. The van der Waals surface area contributed by atoms with Crippen LogP contribution in [0.25, 0.3) is 22.2 Å². The Balaban J connectivity index is 1.35. The Bertz CT molecular complexity index is 1130. The molecule has 0 aliphatic carbocycles. The molecule has 1 saturated heterocycles. The maximum absolute atomic E-state index is 5.96. The summed E-state index contributed by atoms with van der Waals surface area (Å²) in [6.07, 6.45) is 0. The van der Waals surface area contributed by atoms with Crippen molar-refractivity contribution in [2.24, 2.45) is 0 Å². The molecule has 3 aliphatic rings. The quantitative estimate of drug-likeness (QED) is 0.614. The van der Waals surface area contributed by atoms with E-state index in [1.54, 1.807) is 0 Å². The lowest BCUT2D eigenvalue weighted by atomic mass is 10.1. The van der Waals surface area contributed by atoms with E-state index < -0.39 is 0 Å². The van der Waals surface area contributed by atoms with Crippen LogP contribution in [0.3, 0.4) is 0 Å². The first-order valence-electron chi connectivity index (χ1n) is 10.3. The SMILES string of the molecule is c1cc2c(cc1-c1nc(OCCN3CCOCC3)nc3cc4c(cc13)OCO4)OCO2. The van der Waals surface area contributed by atoms with E-state index in [1.165, 1.54) is 0 Å². The molecule has 3 aromatic rings. The number of hydrogen-bond acceptors (Lipinski definition) is 9. The molecule has 160 valence electrons. The van der Waals surface area contributed by atoms with Gasteiger partial charge in [-0.3, -0.25) is 4.90 Å². The Kier molecular flexibility index (Phi) is 4.62. The third-order valence-corrected chi connectivity index (χ3v) is 5.56. The fraction of sp³-hybridized carbons (Fsp3) is 0.364. The maximum atomic E-state index is 5.96. The first-order chi connectivity index (χ1) is 15.3. The summed E-state index contributed by atoms with van der Waals surface area (Å²) < 4.78 is 33.4. The van der Waals surface area contributed by atoms with Gasteiger partial charge in [-0.15, -0.1) is 0 Å². The minimum atomic E-state index is 0.196. The van der Waals surface area contributed by atoms with E-state index in [0.29, 0.717) is 29.9 Å². The zero-order chi connectivity index (χ0) is 20.6. The van der Waals surface area contributed by atoms with Gasteiger partial charge in [0.2, 0.25) is 13.6 Å². The van der Waals surface area contributed by atoms with E-state index in [2.05, 4.69) is 9.88 Å². The maximum Gasteiger partial charge on any atom is 0.317 e. The Morgan fingerprint density at radius 2 is 1.58 bits per heavy atom. The minimum Gasteiger partial charge on any atom is -0.462 e. The van der Waals surface area contributed by atoms with Crippen LogP contribution in [0.5, 0.6) is 29.0 Å². The molecule has 4 heterocycles. The van der Waals surface area contributed by atoms with Crippen LogP contribution in [0.2, 0.25) is 0 Å². The number of morpholine rings is 1. The summed E-state index contributed by atoms with van der Waals surface area (Å²) in [5, 5.41) is 0.851. The molecule has 9 heteroatoms. The van der Waals surface area contributed by atoms with Crippen LogP contribution in [-0.2, 0) is 4.74 Å². The third kappa shape index (κ3) is 3.55. The van der Waals surface area contributed by atoms with Gasteiger partial charge in [-0.1, -0.05) is 0 Å². The Labute approximate surface area is 178 Å². The summed E-state index contributed by atoms with van der Waals surface area (Å²) in [6.45, 7) is 5.05. The highest BCUT2D eigenvalue weighted by Gasteiger charge is 2.21. The predicted molar refractivity (Wildman–Crippen MR) is 110 cm³/mol. The molecule has 3 aliphatic heterocycles. The molecule has 6 rings (SSSR count). The van der Waals surface area contributed by atoms with Crippen molar-refractivity contribution < 1.29 is 28.4 Å². The molecule has 0 amide bonds. The summed E-state index contributed by atoms with van der Waals surface area (Å²) in [4.78, 5) is 11.7. The molecular weight excluding hydrogens is 402 g/mol. The summed E-state index contributed by atoms with van der Waals surface area (Å²) in [6, 6.07) is 9.87. The monoisotopic (exact) mass is 423 g/mol. The summed E-state index contributed by atoms with van der Waals surface area (Å²) in [5.74, 6) is 2.77. The van der Waals surface area contributed by atoms with Gasteiger partial charge in [0.1, 0.15) is 6.61 Å². The van der Waals surface area contributed by atoms with Crippen molar-refractivity contribution in [3.63, 3.8) is 0 Å². The van der Waals surface area contributed by atoms with Crippen molar-refractivity contribution in [2.75, 3.05) is 53.0 Å². The summed E-state index contributed by atoms with van der Waals surface area (Å²) >= 11 is 0. The van der Waals surface area contributed by atoms with Gasteiger partial charge >= 0.3 is 6.01 Å². The normalized spacial score (nSPS) is 17.3. The topological polar surface area (TPSA) is 84.4 Å². The van der Waals surface area contributed by atoms with Crippen molar-refractivity contribution in [2.45, 2.75) is 0 Å². The lowest BCUT2D eigenvalue weighted by Gasteiger charge is -2.26. The van der Waals surface area contributed by atoms with Gasteiger partial charge in [0.05, 0.1) is 24.4 Å². The van der Waals surface area contributed by atoms with E-state index in [-0.39, 0.29) is 13.6 Å². The Morgan fingerprint density at radius 1 is 0.839 bits per heavy atom. The molecule has 0 atom stereocenters. The lowest BCUT2D eigenvalue weighted by Crippen LogP contribution is -2.38. The number of benzene rings is 2. The molecule has 0 bridgehead atoms. The van der Waals surface area contributed by atoms with Gasteiger partial charge in [-0.2, -0.15) is 9.97 Å².